The number of Topliss-reactive ketones (excluding diaryl/α,β-unsaturated/α-hetero) is 1. The third-order valence-electron chi connectivity index (χ3n) is 2.90. The summed E-state index contributed by atoms with van der Waals surface area (Å²) in [4.78, 5) is 11.7. The van der Waals surface area contributed by atoms with Crippen LogP contribution in [-0.4, -0.2) is 5.78 Å². The van der Waals surface area contributed by atoms with Gasteiger partial charge >= 0.3 is 0 Å². The topological polar surface area (TPSA) is 40.9 Å². The maximum absolute atomic E-state index is 11.7. The Labute approximate surface area is 86.8 Å². The second-order valence-electron chi connectivity index (χ2n) is 3.71. The minimum atomic E-state index is 0.158. The van der Waals surface area contributed by atoms with E-state index in [9.17, 15) is 4.79 Å². The minimum absolute atomic E-state index is 0.158. The third-order valence-corrected chi connectivity index (χ3v) is 2.90. The summed E-state index contributed by atoms with van der Waals surface area (Å²) >= 11 is 0. The van der Waals surface area contributed by atoms with Crippen LogP contribution in [0.5, 0.6) is 0 Å². The number of benzene rings is 2. The first-order chi connectivity index (χ1) is 7.31. The Kier molecular flexibility index (Phi) is 1.46. The summed E-state index contributed by atoms with van der Waals surface area (Å²) in [6.45, 7) is 0. The summed E-state index contributed by atoms with van der Waals surface area (Å²) < 4.78 is 0. The lowest BCUT2D eigenvalue weighted by molar-refractivity contribution is 0.1000. The number of carbonyl (C=O) groups is 1. The number of nitriles is 1. The van der Waals surface area contributed by atoms with E-state index in [4.69, 9.17) is 5.26 Å². The highest BCUT2D eigenvalue weighted by molar-refractivity contribution is 6.16. The first kappa shape index (κ1) is 8.19. The molecule has 0 aliphatic heterocycles. The fraction of sp³-hybridized carbons (Fsp3) is 0.0769. The molecule has 0 bridgehead atoms. The number of ketones is 1. The van der Waals surface area contributed by atoms with Crippen LogP contribution in [0.3, 0.4) is 0 Å². The highest BCUT2D eigenvalue weighted by Gasteiger charge is 2.22. The van der Waals surface area contributed by atoms with Crippen molar-refractivity contribution in [2.24, 2.45) is 0 Å². The molecule has 0 atom stereocenters. The minimum Gasteiger partial charge on any atom is -0.294 e. The van der Waals surface area contributed by atoms with Gasteiger partial charge in [0.15, 0.2) is 5.78 Å². The van der Waals surface area contributed by atoms with Gasteiger partial charge < -0.3 is 0 Å². The Bertz CT molecular complexity index is 635. The van der Waals surface area contributed by atoms with Crippen LogP contribution in [0.2, 0.25) is 0 Å². The lowest BCUT2D eigenvalue weighted by Gasteiger charge is -2.01. The molecule has 0 saturated carbocycles. The molecule has 0 N–H and O–H groups in total. The summed E-state index contributed by atoms with van der Waals surface area (Å²) in [7, 11) is 0. The van der Waals surface area contributed by atoms with Crippen molar-refractivity contribution < 1.29 is 4.79 Å². The SMILES string of the molecule is N#Cc1ccc2c3c(cccc13)C(=O)C2. The van der Waals surface area contributed by atoms with Gasteiger partial charge in [-0.25, -0.2) is 0 Å². The molecule has 15 heavy (non-hydrogen) atoms. The highest BCUT2D eigenvalue weighted by Crippen LogP contribution is 2.32. The average molecular weight is 193 g/mol. The second kappa shape index (κ2) is 2.68. The van der Waals surface area contributed by atoms with Crippen LogP contribution in [0.15, 0.2) is 30.3 Å². The van der Waals surface area contributed by atoms with Gasteiger partial charge in [0.25, 0.3) is 0 Å². The van der Waals surface area contributed by atoms with Gasteiger partial charge in [0.1, 0.15) is 0 Å². The zero-order valence-corrected chi connectivity index (χ0v) is 7.95. The van der Waals surface area contributed by atoms with E-state index in [2.05, 4.69) is 6.07 Å². The molecule has 0 spiro atoms. The maximum atomic E-state index is 11.7. The molecule has 2 heteroatoms. The first-order valence-electron chi connectivity index (χ1n) is 4.79. The van der Waals surface area contributed by atoms with Gasteiger partial charge in [0.2, 0.25) is 0 Å². The third kappa shape index (κ3) is 0.949. The Morgan fingerprint density at radius 1 is 1.20 bits per heavy atom. The van der Waals surface area contributed by atoms with Gasteiger partial charge in [0, 0.05) is 17.4 Å². The summed E-state index contributed by atoms with van der Waals surface area (Å²) in [5, 5.41) is 10.8. The Morgan fingerprint density at radius 2 is 2.07 bits per heavy atom. The maximum Gasteiger partial charge on any atom is 0.167 e. The number of rotatable bonds is 0. The number of hydrogen-bond acceptors (Lipinski definition) is 2. The average Bonchev–Trinajstić information content (AvgIpc) is 2.59. The van der Waals surface area contributed by atoms with Crippen LogP contribution < -0.4 is 0 Å². The zero-order valence-electron chi connectivity index (χ0n) is 7.95. The molecule has 3 rings (SSSR count). The van der Waals surface area contributed by atoms with Crippen molar-refractivity contribution in [2.75, 3.05) is 0 Å². The molecule has 0 radical (unpaired) electrons. The molecule has 70 valence electrons. The predicted octanol–water partition coefficient (Wildman–Crippen LogP) is 2.45. The van der Waals surface area contributed by atoms with E-state index >= 15 is 0 Å². The van der Waals surface area contributed by atoms with E-state index in [1.807, 2.05) is 24.3 Å². The Balaban J connectivity index is 2.57. The van der Waals surface area contributed by atoms with Crippen LogP contribution in [0.1, 0.15) is 21.5 Å². The van der Waals surface area contributed by atoms with Gasteiger partial charge in [-0.1, -0.05) is 24.3 Å². The summed E-state index contributed by atoms with van der Waals surface area (Å²) in [6.07, 6.45) is 0.474. The van der Waals surface area contributed by atoms with Crippen molar-refractivity contribution >= 4 is 16.6 Å². The van der Waals surface area contributed by atoms with Crippen molar-refractivity contribution in [2.45, 2.75) is 6.42 Å². The summed E-state index contributed by atoms with van der Waals surface area (Å²) in [6, 6.07) is 11.4. The molecule has 2 aromatic rings. The molecule has 2 aromatic carbocycles. The van der Waals surface area contributed by atoms with Crippen molar-refractivity contribution in [3.05, 3.63) is 47.0 Å². The summed E-state index contributed by atoms with van der Waals surface area (Å²) in [5.74, 6) is 0.158. The van der Waals surface area contributed by atoms with Crippen molar-refractivity contribution in [3.8, 4) is 6.07 Å². The first-order valence-corrected chi connectivity index (χ1v) is 4.79. The lowest BCUT2D eigenvalue weighted by atomic mass is 10.0. The molecule has 0 heterocycles. The smallest absolute Gasteiger partial charge is 0.167 e. The quantitative estimate of drug-likeness (QED) is 0.644. The van der Waals surface area contributed by atoms with Crippen molar-refractivity contribution in [1.29, 1.82) is 5.26 Å². The van der Waals surface area contributed by atoms with E-state index in [-0.39, 0.29) is 5.78 Å². The number of nitrogens with zero attached hydrogens (tertiary/aromatic N) is 1. The molecule has 0 aromatic heterocycles. The highest BCUT2D eigenvalue weighted by atomic mass is 16.1. The van der Waals surface area contributed by atoms with Gasteiger partial charge in [0.05, 0.1) is 11.6 Å². The van der Waals surface area contributed by atoms with Crippen LogP contribution in [0, 0.1) is 11.3 Å². The fourth-order valence-corrected chi connectivity index (χ4v) is 2.23. The van der Waals surface area contributed by atoms with Gasteiger partial charge in [-0.15, -0.1) is 0 Å². The Hall–Kier alpha value is -2.14. The van der Waals surface area contributed by atoms with E-state index in [0.29, 0.717) is 12.0 Å². The molecule has 1 aliphatic carbocycles. The van der Waals surface area contributed by atoms with Gasteiger partial charge in [-0.2, -0.15) is 5.26 Å². The standard InChI is InChI=1S/C13H7NO/c14-7-9-5-4-8-6-12(15)11-3-1-2-10(9)13(8)11/h1-5H,6H2. The van der Waals surface area contributed by atoms with E-state index in [1.54, 1.807) is 6.07 Å². The van der Waals surface area contributed by atoms with E-state index in [0.717, 1.165) is 21.9 Å². The van der Waals surface area contributed by atoms with Crippen molar-refractivity contribution in [1.82, 2.24) is 0 Å². The fourth-order valence-electron chi connectivity index (χ4n) is 2.23. The summed E-state index contributed by atoms with van der Waals surface area (Å²) in [5.41, 5.74) is 2.45. The molecule has 1 aliphatic rings. The number of carbonyl (C=O) groups excluding carboxylic acids is 1. The molecule has 0 amide bonds. The van der Waals surface area contributed by atoms with E-state index in [1.165, 1.54) is 0 Å². The van der Waals surface area contributed by atoms with Crippen LogP contribution in [-0.2, 0) is 6.42 Å². The van der Waals surface area contributed by atoms with Gasteiger partial charge in [-0.05, 0) is 17.0 Å². The zero-order chi connectivity index (χ0) is 10.4. The monoisotopic (exact) mass is 193 g/mol. The largest absolute Gasteiger partial charge is 0.294 e. The van der Waals surface area contributed by atoms with Crippen LogP contribution in [0.25, 0.3) is 10.8 Å². The van der Waals surface area contributed by atoms with Crippen LogP contribution in [0.4, 0.5) is 0 Å². The Morgan fingerprint density at radius 3 is 2.87 bits per heavy atom. The van der Waals surface area contributed by atoms with Gasteiger partial charge in [-0.3, -0.25) is 4.79 Å². The predicted molar refractivity (Wildman–Crippen MR) is 56.7 cm³/mol. The molecule has 0 unspecified atom stereocenters. The molecule has 2 nitrogen and oxygen atoms in total. The normalized spacial score (nSPS) is 13.1. The second-order valence-corrected chi connectivity index (χ2v) is 3.71. The van der Waals surface area contributed by atoms with Crippen molar-refractivity contribution in [3.63, 3.8) is 0 Å². The molecular weight excluding hydrogens is 186 g/mol. The van der Waals surface area contributed by atoms with E-state index < -0.39 is 0 Å². The molecular formula is C13H7NO. The van der Waals surface area contributed by atoms with Crippen LogP contribution >= 0.6 is 0 Å². The molecule has 0 fully saturated rings. The number of hydrogen-bond donors (Lipinski definition) is 0. The molecule has 0 saturated heterocycles. The lowest BCUT2D eigenvalue weighted by Crippen LogP contribution is -1.92.